The molecular weight excluding hydrogens is 446 g/mol. The number of ether oxygens (including phenoxy) is 1. The molecule has 2 aliphatic rings. The van der Waals surface area contributed by atoms with Crippen molar-refractivity contribution < 1.29 is 9.13 Å². The Bertz CT molecular complexity index is 1390. The van der Waals surface area contributed by atoms with Crippen molar-refractivity contribution in [2.75, 3.05) is 0 Å². The molecule has 0 saturated carbocycles. The van der Waals surface area contributed by atoms with Crippen LogP contribution in [-0.4, -0.2) is 10.7 Å². The summed E-state index contributed by atoms with van der Waals surface area (Å²) >= 11 is 12.8. The molecule has 158 valence electrons. The van der Waals surface area contributed by atoms with Crippen molar-refractivity contribution in [3.63, 3.8) is 0 Å². The SMILES string of the molecule is Fc1ccc([C@@H]2Oc3c(Cl)cc(Cl)cc3[C@H]3CC(c4ccc5ccccc5c4)=NN32)cc1. The summed E-state index contributed by atoms with van der Waals surface area (Å²) in [6, 6.07) is 24.4. The second kappa shape index (κ2) is 7.51. The molecule has 6 heteroatoms. The molecule has 0 aliphatic carbocycles. The van der Waals surface area contributed by atoms with Crippen LogP contribution in [0.15, 0.2) is 84.0 Å². The largest absolute Gasteiger partial charge is 0.463 e. The summed E-state index contributed by atoms with van der Waals surface area (Å²) in [4.78, 5) is 0. The maximum atomic E-state index is 13.6. The first-order valence-electron chi connectivity index (χ1n) is 10.3. The van der Waals surface area contributed by atoms with Crippen LogP contribution in [0, 0.1) is 5.82 Å². The average Bonchev–Trinajstić information content (AvgIpc) is 3.25. The molecule has 4 aromatic carbocycles. The maximum absolute atomic E-state index is 13.6. The minimum atomic E-state index is -0.523. The van der Waals surface area contributed by atoms with Crippen LogP contribution in [0.25, 0.3) is 10.8 Å². The number of fused-ring (bicyclic) bond motifs is 4. The lowest BCUT2D eigenvalue weighted by Gasteiger charge is -2.38. The Labute approximate surface area is 194 Å². The van der Waals surface area contributed by atoms with Crippen molar-refractivity contribution in [2.24, 2.45) is 5.10 Å². The number of benzene rings is 4. The van der Waals surface area contributed by atoms with E-state index in [0.29, 0.717) is 22.2 Å². The van der Waals surface area contributed by atoms with E-state index < -0.39 is 6.23 Å². The van der Waals surface area contributed by atoms with Crippen LogP contribution in [-0.2, 0) is 0 Å². The fourth-order valence-electron chi connectivity index (χ4n) is 4.51. The number of hydrazone groups is 1. The van der Waals surface area contributed by atoms with Crippen molar-refractivity contribution in [3.8, 4) is 5.75 Å². The number of hydrogen-bond donors (Lipinski definition) is 0. The van der Waals surface area contributed by atoms with E-state index in [9.17, 15) is 4.39 Å². The Balaban J connectivity index is 1.47. The van der Waals surface area contributed by atoms with Gasteiger partial charge in [0.2, 0.25) is 6.23 Å². The van der Waals surface area contributed by atoms with Gasteiger partial charge in [-0.3, -0.25) is 0 Å². The molecule has 0 saturated heterocycles. The molecule has 0 fully saturated rings. The highest BCUT2D eigenvalue weighted by atomic mass is 35.5. The highest BCUT2D eigenvalue weighted by Gasteiger charge is 2.42. The van der Waals surface area contributed by atoms with Crippen LogP contribution in [0.2, 0.25) is 10.0 Å². The van der Waals surface area contributed by atoms with Crippen LogP contribution in [0.3, 0.4) is 0 Å². The smallest absolute Gasteiger partial charge is 0.213 e. The first-order chi connectivity index (χ1) is 15.6. The van der Waals surface area contributed by atoms with Gasteiger partial charge in [-0.15, -0.1) is 0 Å². The normalized spacial score (nSPS) is 19.3. The Morgan fingerprint density at radius 2 is 1.69 bits per heavy atom. The van der Waals surface area contributed by atoms with Crippen LogP contribution in [0.5, 0.6) is 5.75 Å². The maximum Gasteiger partial charge on any atom is 0.213 e. The predicted molar refractivity (Wildman–Crippen MR) is 126 cm³/mol. The highest BCUT2D eigenvalue weighted by Crippen LogP contribution is 2.50. The second-order valence-corrected chi connectivity index (χ2v) is 8.88. The van der Waals surface area contributed by atoms with Gasteiger partial charge in [0.15, 0.2) is 0 Å². The van der Waals surface area contributed by atoms with Crippen molar-refractivity contribution in [1.82, 2.24) is 5.01 Å². The Morgan fingerprint density at radius 3 is 2.50 bits per heavy atom. The third kappa shape index (κ3) is 3.22. The van der Waals surface area contributed by atoms with E-state index in [1.807, 2.05) is 23.2 Å². The van der Waals surface area contributed by atoms with Gasteiger partial charge in [0.05, 0.1) is 16.8 Å². The van der Waals surface area contributed by atoms with Crippen molar-refractivity contribution >= 4 is 39.7 Å². The van der Waals surface area contributed by atoms with Gasteiger partial charge in [-0.25, -0.2) is 9.40 Å². The lowest BCUT2D eigenvalue weighted by Crippen LogP contribution is -2.33. The molecule has 6 rings (SSSR count). The summed E-state index contributed by atoms with van der Waals surface area (Å²) < 4.78 is 19.9. The topological polar surface area (TPSA) is 24.8 Å². The third-order valence-corrected chi connectivity index (χ3v) is 6.54. The minimum Gasteiger partial charge on any atom is -0.463 e. The van der Waals surface area contributed by atoms with Gasteiger partial charge in [0.1, 0.15) is 11.6 Å². The van der Waals surface area contributed by atoms with E-state index in [1.54, 1.807) is 18.2 Å². The molecular formula is C26H17Cl2FN2O. The Hall–Kier alpha value is -3.08. The summed E-state index contributed by atoms with van der Waals surface area (Å²) in [6.07, 6.45) is 0.160. The average molecular weight is 463 g/mol. The lowest BCUT2D eigenvalue weighted by atomic mass is 9.95. The van der Waals surface area contributed by atoms with E-state index in [-0.39, 0.29) is 11.9 Å². The second-order valence-electron chi connectivity index (χ2n) is 8.04. The van der Waals surface area contributed by atoms with Gasteiger partial charge in [-0.05, 0) is 46.7 Å². The van der Waals surface area contributed by atoms with E-state index in [1.165, 1.54) is 17.5 Å². The predicted octanol–water partition coefficient (Wildman–Crippen LogP) is 7.53. The molecule has 32 heavy (non-hydrogen) atoms. The first-order valence-corrected chi connectivity index (χ1v) is 11.1. The van der Waals surface area contributed by atoms with E-state index in [4.69, 9.17) is 33.0 Å². The van der Waals surface area contributed by atoms with Gasteiger partial charge < -0.3 is 4.74 Å². The fraction of sp³-hybridized carbons (Fsp3) is 0.115. The molecule has 4 aromatic rings. The zero-order valence-corrected chi connectivity index (χ0v) is 18.3. The van der Waals surface area contributed by atoms with Crippen molar-refractivity contribution in [1.29, 1.82) is 0 Å². The summed E-state index contributed by atoms with van der Waals surface area (Å²) in [6.45, 7) is 0. The van der Waals surface area contributed by atoms with Gasteiger partial charge in [-0.2, -0.15) is 5.10 Å². The summed E-state index contributed by atoms with van der Waals surface area (Å²) in [7, 11) is 0. The number of rotatable bonds is 2. The van der Waals surface area contributed by atoms with Crippen LogP contribution >= 0.6 is 23.2 Å². The summed E-state index contributed by atoms with van der Waals surface area (Å²) in [5, 5.41) is 10.3. The Morgan fingerprint density at radius 1 is 0.906 bits per heavy atom. The molecule has 2 atom stereocenters. The third-order valence-electron chi connectivity index (χ3n) is 6.05. The molecule has 2 heterocycles. The standard InChI is InChI=1S/C26H17Cl2FN2O/c27-19-12-21-24-14-23(18-6-5-15-3-1-2-4-17(15)11-18)30-31(24)26(32-25(21)22(28)13-19)16-7-9-20(29)10-8-16/h1-13,24,26H,14H2/t24-,26+/m1/s1. The minimum absolute atomic E-state index is 0.0912. The summed E-state index contributed by atoms with van der Waals surface area (Å²) in [5.41, 5.74) is 3.73. The van der Waals surface area contributed by atoms with Gasteiger partial charge in [0, 0.05) is 22.6 Å². The highest BCUT2D eigenvalue weighted by molar-refractivity contribution is 6.35. The molecule has 0 bridgehead atoms. The van der Waals surface area contributed by atoms with Crippen LogP contribution in [0.1, 0.15) is 35.4 Å². The van der Waals surface area contributed by atoms with E-state index in [0.717, 1.165) is 27.8 Å². The summed E-state index contributed by atoms with van der Waals surface area (Å²) in [5.74, 6) is 0.301. The van der Waals surface area contributed by atoms with Crippen LogP contribution < -0.4 is 4.74 Å². The molecule has 0 radical (unpaired) electrons. The molecule has 3 nitrogen and oxygen atoms in total. The monoisotopic (exact) mass is 462 g/mol. The van der Waals surface area contributed by atoms with E-state index in [2.05, 4.69) is 30.3 Å². The fourth-order valence-corrected chi connectivity index (χ4v) is 5.06. The molecule has 0 amide bonds. The molecule has 2 aliphatic heterocycles. The zero-order chi connectivity index (χ0) is 21.8. The van der Waals surface area contributed by atoms with Gasteiger partial charge in [-0.1, -0.05) is 71.7 Å². The molecule has 0 spiro atoms. The lowest BCUT2D eigenvalue weighted by molar-refractivity contribution is -0.0189. The molecule has 0 N–H and O–H groups in total. The quantitative estimate of drug-likeness (QED) is 0.307. The van der Waals surface area contributed by atoms with Gasteiger partial charge in [0.25, 0.3) is 0 Å². The van der Waals surface area contributed by atoms with Crippen molar-refractivity contribution in [3.05, 3.63) is 111 Å². The Kier molecular flexibility index (Phi) is 4.60. The number of nitrogens with zero attached hydrogens (tertiary/aromatic N) is 2. The van der Waals surface area contributed by atoms with Gasteiger partial charge >= 0.3 is 0 Å². The van der Waals surface area contributed by atoms with Crippen LogP contribution in [0.4, 0.5) is 4.39 Å². The molecule has 0 aromatic heterocycles. The first kappa shape index (κ1) is 19.6. The van der Waals surface area contributed by atoms with Crippen molar-refractivity contribution in [2.45, 2.75) is 18.7 Å². The number of hydrogen-bond acceptors (Lipinski definition) is 3. The van der Waals surface area contributed by atoms with E-state index >= 15 is 0 Å². The zero-order valence-electron chi connectivity index (χ0n) is 16.8. The number of halogens is 3. The molecule has 0 unspecified atom stereocenters.